The number of hydrogen-bond acceptors (Lipinski definition) is 3. The first-order valence-electron chi connectivity index (χ1n) is 5.93. The predicted molar refractivity (Wildman–Crippen MR) is 66.6 cm³/mol. The minimum atomic E-state index is 0.172. The molecule has 0 radical (unpaired) electrons. The zero-order valence-corrected chi connectivity index (χ0v) is 10.6. The van der Waals surface area contributed by atoms with Crippen molar-refractivity contribution in [2.24, 2.45) is 0 Å². The number of rotatable bonds is 5. The quantitative estimate of drug-likeness (QED) is 0.667. The highest BCUT2D eigenvalue weighted by Crippen LogP contribution is 2.07. The number of hydrogen-bond donors (Lipinski definition) is 0. The number of methoxy groups -OCH3 is 1. The number of ether oxygens (including phenoxy) is 2. The van der Waals surface area contributed by atoms with Gasteiger partial charge in [-0.15, -0.1) is 0 Å². The lowest BCUT2D eigenvalue weighted by Gasteiger charge is -2.25. The summed E-state index contributed by atoms with van der Waals surface area (Å²) in [4.78, 5) is 2.39. The summed E-state index contributed by atoms with van der Waals surface area (Å²) in [6.07, 6.45) is 6.63. The molecule has 1 atom stereocenters. The van der Waals surface area contributed by atoms with E-state index in [-0.39, 0.29) is 6.10 Å². The van der Waals surface area contributed by atoms with Crippen LogP contribution in [0.3, 0.4) is 0 Å². The molecule has 1 rings (SSSR count). The summed E-state index contributed by atoms with van der Waals surface area (Å²) < 4.78 is 10.6. The third kappa shape index (κ3) is 4.47. The van der Waals surface area contributed by atoms with Crippen molar-refractivity contribution in [3.8, 4) is 0 Å². The van der Waals surface area contributed by atoms with Gasteiger partial charge in [0.25, 0.3) is 0 Å². The highest BCUT2D eigenvalue weighted by molar-refractivity contribution is 5.22. The molecule has 0 N–H and O–H groups in total. The first-order chi connectivity index (χ1) is 7.77. The maximum absolute atomic E-state index is 5.31. The summed E-state index contributed by atoms with van der Waals surface area (Å²) >= 11 is 0. The smallest absolute Gasteiger partial charge is 0.0789 e. The zero-order chi connectivity index (χ0) is 11.8. The van der Waals surface area contributed by atoms with E-state index >= 15 is 0 Å². The van der Waals surface area contributed by atoms with Gasteiger partial charge < -0.3 is 9.47 Å². The molecule has 1 fully saturated rings. The van der Waals surface area contributed by atoms with Crippen molar-refractivity contribution in [3.05, 3.63) is 23.8 Å². The van der Waals surface area contributed by atoms with E-state index in [0.717, 1.165) is 32.8 Å². The maximum Gasteiger partial charge on any atom is 0.0789 e. The summed E-state index contributed by atoms with van der Waals surface area (Å²) in [5.41, 5.74) is 1.23. The van der Waals surface area contributed by atoms with Crippen molar-refractivity contribution in [2.45, 2.75) is 20.0 Å². The Morgan fingerprint density at radius 2 is 2.12 bits per heavy atom. The summed E-state index contributed by atoms with van der Waals surface area (Å²) in [6, 6.07) is 0. The molecule has 1 saturated heterocycles. The number of morpholine rings is 1. The van der Waals surface area contributed by atoms with Crippen LogP contribution in [0.1, 0.15) is 13.8 Å². The number of nitrogens with zero attached hydrogens (tertiary/aromatic N) is 1. The summed E-state index contributed by atoms with van der Waals surface area (Å²) in [5.74, 6) is 0. The largest absolute Gasteiger partial charge is 0.379 e. The van der Waals surface area contributed by atoms with Crippen LogP contribution < -0.4 is 0 Å². The second-order valence-electron chi connectivity index (χ2n) is 3.98. The SMILES string of the molecule is C/C=C(\C=C/CN1CCOCC1)C(C)OC. The van der Waals surface area contributed by atoms with Gasteiger partial charge in [-0.25, -0.2) is 0 Å². The Labute approximate surface area is 98.7 Å². The Balaban J connectivity index is 2.34. The standard InChI is InChI=1S/C13H23NO2/c1-4-13(12(2)15-3)6-5-7-14-8-10-16-11-9-14/h4-6,12H,7-11H2,1-3H3/b6-5-,13-4+. The fourth-order valence-electron chi connectivity index (χ4n) is 1.72. The lowest BCUT2D eigenvalue weighted by molar-refractivity contribution is 0.0434. The van der Waals surface area contributed by atoms with Gasteiger partial charge in [0.2, 0.25) is 0 Å². The molecule has 16 heavy (non-hydrogen) atoms. The molecule has 0 saturated carbocycles. The van der Waals surface area contributed by atoms with E-state index in [1.54, 1.807) is 7.11 Å². The monoisotopic (exact) mass is 225 g/mol. The van der Waals surface area contributed by atoms with E-state index in [0.29, 0.717) is 0 Å². The molecule has 1 unspecified atom stereocenters. The molecule has 0 amide bonds. The van der Waals surface area contributed by atoms with Gasteiger partial charge in [-0.2, -0.15) is 0 Å². The molecule has 0 bridgehead atoms. The normalized spacial score (nSPS) is 21.6. The van der Waals surface area contributed by atoms with Gasteiger partial charge >= 0.3 is 0 Å². The van der Waals surface area contributed by atoms with Crippen molar-refractivity contribution in [2.75, 3.05) is 40.0 Å². The molecule has 0 spiro atoms. The van der Waals surface area contributed by atoms with Crippen LogP contribution in [0.2, 0.25) is 0 Å². The van der Waals surface area contributed by atoms with E-state index in [9.17, 15) is 0 Å². The van der Waals surface area contributed by atoms with Crippen molar-refractivity contribution in [1.29, 1.82) is 0 Å². The van der Waals surface area contributed by atoms with Crippen LogP contribution in [0.5, 0.6) is 0 Å². The van der Waals surface area contributed by atoms with Gasteiger partial charge in [-0.3, -0.25) is 4.90 Å². The molecule has 1 aliphatic rings. The molecule has 0 aromatic rings. The second kappa shape index (κ2) is 7.60. The minimum Gasteiger partial charge on any atom is -0.379 e. The minimum absolute atomic E-state index is 0.172. The van der Waals surface area contributed by atoms with Gasteiger partial charge in [0.15, 0.2) is 0 Å². The van der Waals surface area contributed by atoms with Crippen LogP contribution in [0.15, 0.2) is 23.8 Å². The van der Waals surface area contributed by atoms with E-state index in [1.807, 2.05) is 6.92 Å². The summed E-state index contributed by atoms with van der Waals surface area (Å²) in [6.45, 7) is 8.90. The van der Waals surface area contributed by atoms with Gasteiger partial charge in [-0.05, 0) is 19.4 Å². The third-order valence-electron chi connectivity index (χ3n) is 2.93. The maximum atomic E-state index is 5.31. The molecule has 0 aromatic carbocycles. The van der Waals surface area contributed by atoms with Crippen LogP contribution in [-0.2, 0) is 9.47 Å². The molecule has 0 aromatic heterocycles. The fraction of sp³-hybridized carbons (Fsp3) is 0.692. The topological polar surface area (TPSA) is 21.7 Å². The Morgan fingerprint density at radius 1 is 1.44 bits per heavy atom. The highest BCUT2D eigenvalue weighted by atomic mass is 16.5. The average molecular weight is 225 g/mol. The molecule has 3 heteroatoms. The summed E-state index contributed by atoms with van der Waals surface area (Å²) in [5, 5.41) is 0. The van der Waals surface area contributed by atoms with Gasteiger partial charge in [0.1, 0.15) is 0 Å². The lowest BCUT2D eigenvalue weighted by Crippen LogP contribution is -2.36. The average Bonchev–Trinajstić information content (AvgIpc) is 2.35. The Hall–Kier alpha value is -0.640. The van der Waals surface area contributed by atoms with E-state index in [4.69, 9.17) is 9.47 Å². The number of allylic oxidation sites excluding steroid dienone is 1. The molecule has 1 heterocycles. The van der Waals surface area contributed by atoms with Crippen LogP contribution in [0.25, 0.3) is 0 Å². The predicted octanol–water partition coefficient (Wildman–Crippen LogP) is 1.86. The lowest BCUT2D eigenvalue weighted by atomic mass is 10.1. The van der Waals surface area contributed by atoms with E-state index in [1.165, 1.54) is 5.57 Å². The molecule has 3 nitrogen and oxygen atoms in total. The summed E-state index contributed by atoms with van der Waals surface area (Å²) in [7, 11) is 1.74. The van der Waals surface area contributed by atoms with Gasteiger partial charge in [-0.1, -0.05) is 18.2 Å². The molecular weight excluding hydrogens is 202 g/mol. The second-order valence-corrected chi connectivity index (χ2v) is 3.98. The van der Waals surface area contributed by atoms with Crippen molar-refractivity contribution in [1.82, 2.24) is 4.90 Å². The van der Waals surface area contributed by atoms with Gasteiger partial charge in [0, 0.05) is 26.7 Å². The Kier molecular flexibility index (Phi) is 6.38. The van der Waals surface area contributed by atoms with Crippen LogP contribution in [-0.4, -0.2) is 51.0 Å². The molecule has 92 valence electrons. The van der Waals surface area contributed by atoms with Crippen LogP contribution in [0.4, 0.5) is 0 Å². The zero-order valence-electron chi connectivity index (χ0n) is 10.6. The molecule has 1 aliphatic heterocycles. The molecular formula is C13H23NO2. The van der Waals surface area contributed by atoms with Crippen molar-refractivity contribution >= 4 is 0 Å². The van der Waals surface area contributed by atoms with Crippen molar-refractivity contribution < 1.29 is 9.47 Å². The van der Waals surface area contributed by atoms with E-state index in [2.05, 4.69) is 30.1 Å². The first kappa shape index (κ1) is 13.4. The van der Waals surface area contributed by atoms with Crippen molar-refractivity contribution in [3.63, 3.8) is 0 Å². The van der Waals surface area contributed by atoms with E-state index < -0.39 is 0 Å². The first-order valence-corrected chi connectivity index (χ1v) is 5.93. The Morgan fingerprint density at radius 3 is 2.69 bits per heavy atom. The molecule has 0 aliphatic carbocycles. The Bertz CT molecular complexity index is 242. The van der Waals surface area contributed by atoms with Crippen LogP contribution >= 0.6 is 0 Å². The fourth-order valence-corrected chi connectivity index (χ4v) is 1.72. The third-order valence-corrected chi connectivity index (χ3v) is 2.93. The highest BCUT2D eigenvalue weighted by Gasteiger charge is 2.08. The van der Waals surface area contributed by atoms with Crippen LogP contribution in [0, 0.1) is 0 Å². The van der Waals surface area contributed by atoms with Gasteiger partial charge in [0.05, 0.1) is 19.3 Å².